The van der Waals surface area contributed by atoms with Gasteiger partial charge in [0, 0.05) is 24.4 Å². The van der Waals surface area contributed by atoms with Gasteiger partial charge in [-0.2, -0.15) is 0 Å². The summed E-state index contributed by atoms with van der Waals surface area (Å²) in [6.45, 7) is 5.88. The van der Waals surface area contributed by atoms with Crippen LogP contribution in [0.25, 0.3) is 0 Å². The maximum atomic E-state index is 10.4. The van der Waals surface area contributed by atoms with Gasteiger partial charge < -0.3 is 15.4 Å². The summed E-state index contributed by atoms with van der Waals surface area (Å²) in [5, 5.41) is 13.6. The van der Waals surface area contributed by atoms with E-state index in [0.29, 0.717) is 0 Å². The van der Waals surface area contributed by atoms with Crippen molar-refractivity contribution in [3.63, 3.8) is 0 Å². The molecular formula is C12H20N2O. The summed E-state index contributed by atoms with van der Waals surface area (Å²) in [6, 6.07) is 2.14. The number of hydrogen-bond acceptors (Lipinski definition) is 2. The Morgan fingerprint density at radius 2 is 2.27 bits per heavy atom. The van der Waals surface area contributed by atoms with Gasteiger partial charge in [-0.3, -0.25) is 0 Å². The molecular weight excluding hydrogens is 188 g/mol. The molecule has 0 bridgehead atoms. The van der Waals surface area contributed by atoms with Crippen molar-refractivity contribution in [3.8, 4) is 0 Å². The standard InChI is InChI=1S/C12H20N2O/c1-9-6-11(10(2)14-9)7-12(15)4-3-5-13-8-12/h6,13-15H,3-5,7-8H2,1-2H3. The fourth-order valence-corrected chi connectivity index (χ4v) is 2.42. The number of aromatic amines is 1. The van der Waals surface area contributed by atoms with Gasteiger partial charge >= 0.3 is 0 Å². The van der Waals surface area contributed by atoms with Crippen molar-refractivity contribution < 1.29 is 5.11 Å². The van der Waals surface area contributed by atoms with E-state index < -0.39 is 5.60 Å². The topological polar surface area (TPSA) is 48.0 Å². The van der Waals surface area contributed by atoms with Gasteiger partial charge in [0.25, 0.3) is 0 Å². The summed E-state index contributed by atoms with van der Waals surface area (Å²) in [6.07, 6.45) is 2.73. The van der Waals surface area contributed by atoms with Crippen LogP contribution in [0.5, 0.6) is 0 Å². The van der Waals surface area contributed by atoms with E-state index in [-0.39, 0.29) is 0 Å². The molecule has 0 amide bonds. The molecule has 84 valence electrons. The number of rotatable bonds is 2. The molecule has 0 spiro atoms. The van der Waals surface area contributed by atoms with Crippen molar-refractivity contribution >= 4 is 0 Å². The first-order valence-electron chi connectivity index (χ1n) is 5.67. The zero-order valence-corrected chi connectivity index (χ0v) is 9.56. The summed E-state index contributed by atoms with van der Waals surface area (Å²) < 4.78 is 0. The molecule has 1 unspecified atom stereocenters. The van der Waals surface area contributed by atoms with E-state index in [0.717, 1.165) is 32.4 Å². The van der Waals surface area contributed by atoms with E-state index in [1.54, 1.807) is 0 Å². The molecule has 0 aliphatic carbocycles. The highest BCUT2D eigenvalue weighted by Crippen LogP contribution is 2.23. The van der Waals surface area contributed by atoms with Crippen LogP contribution in [0.1, 0.15) is 29.8 Å². The highest BCUT2D eigenvalue weighted by atomic mass is 16.3. The molecule has 1 fully saturated rings. The first-order chi connectivity index (χ1) is 7.09. The molecule has 2 heterocycles. The molecule has 0 radical (unpaired) electrons. The Labute approximate surface area is 90.9 Å². The molecule has 1 atom stereocenters. The molecule has 3 heteroatoms. The molecule has 1 aromatic heterocycles. The Morgan fingerprint density at radius 1 is 1.47 bits per heavy atom. The lowest BCUT2D eigenvalue weighted by Crippen LogP contribution is -2.47. The Kier molecular flexibility index (Phi) is 2.85. The third kappa shape index (κ3) is 2.41. The molecule has 1 aliphatic heterocycles. The number of piperidine rings is 1. The number of nitrogens with one attached hydrogen (secondary N) is 2. The van der Waals surface area contributed by atoms with Crippen molar-refractivity contribution in [2.45, 2.75) is 38.7 Å². The number of hydrogen-bond donors (Lipinski definition) is 3. The minimum absolute atomic E-state index is 0.544. The monoisotopic (exact) mass is 208 g/mol. The Bertz CT molecular complexity index is 337. The van der Waals surface area contributed by atoms with E-state index in [1.807, 2.05) is 0 Å². The van der Waals surface area contributed by atoms with Crippen LogP contribution in [-0.2, 0) is 6.42 Å². The van der Waals surface area contributed by atoms with Crippen LogP contribution in [0, 0.1) is 13.8 Å². The van der Waals surface area contributed by atoms with Gasteiger partial charge in [0.1, 0.15) is 0 Å². The Hall–Kier alpha value is -0.800. The molecule has 3 N–H and O–H groups in total. The molecule has 0 saturated carbocycles. The van der Waals surface area contributed by atoms with Gasteiger partial charge in [-0.15, -0.1) is 0 Å². The van der Waals surface area contributed by atoms with Gasteiger partial charge in [-0.05, 0) is 44.9 Å². The number of H-pyrrole nitrogens is 1. The molecule has 2 rings (SSSR count). The molecule has 15 heavy (non-hydrogen) atoms. The van der Waals surface area contributed by atoms with Crippen molar-refractivity contribution in [3.05, 3.63) is 23.0 Å². The molecule has 1 saturated heterocycles. The van der Waals surface area contributed by atoms with Crippen LogP contribution in [0.3, 0.4) is 0 Å². The van der Waals surface area contributed by atoms with Gasteiger partial charge in [0.15, 0.2) is 0 Å². The van der Waals surface area contributed by atoms with E-state index in [4.69, 9.17) is 0 Å². The number of aliphatic hydroxyl groups is 1. The maximum Gasteiger partial charge on any atom is 0.0812 e. The van der Waals surface area contributed by atoms with Gasteiger partial charge in [-0.1, -0.05) is 0 Å². The van der Waals surface area contributed by atoms with Crippen LogP contribution >= 0.6 is 0 Å². The zero-order valence-electron chi connectivity index (χ0n) is 9.56. The van der Waals surface area contributed by atoms with Crippen LogP contribution in [0.2, 0.25) is 0 Å². The summed E-state index contributed by atoms with van der Waals surface area (Å²) in [5.74, 6) is 0. The van der Waals surface area contributed by atoms with Crippen molar-refractivity contribution in [2.75, 3.05) is 13.1 Å². The second-order valence-corrected chi connectivity index (χ2v) is 4.78. The summed E-state index contributed by atoms with van der Waals surface area (Å²) in [4.78, 5) is 3.28. The summed E-state index contributed by atoms with van der Waals surface area (Å²) in [5.41, 5.74) is 3.07. The predicted molar refractivity (Wildman–Crippen MR) is 61.0 cm³/mol. The van der Waals surface area contributed by atoms with Crippen LogP contribution < -0.4 is 5.32 Å². The predicted octanol–water partition coefficient (Wildman–Crippen LogP) is 1.29. The first kappa shape index (κ1) is 10.7. The van der Waals surface area contributed by atoms with Gasteiger partial charge in [-0.25, -0.2) is 0 Å². The van der Waals surface area contributed by atoms with E-state index in [2.05, 4.69) is 30.2 Å². The smallest absolute Gasteiger partial charge is 0.0812 e. The second-order valence-electron chi connectivity index (χ2n) is 4.78. The lowest BCUT2D eigenvalue weighted by molar-refractivity contribution is 0.0168. The van der Waals surface area contributed by atoms with E-state index in [9.17, 15) is 5.11 Å². The third-order valence-electron chi connectivity index (χ3n) is 3.23. The fourth-order valence-electron chi connectivity index (χ4n) is 2.42. The van der Waals surface area contributed by atoms with Gasteiger partial charge in [0.2, 0.25) is 0 Å². The quantitative estimate of drug-likeness (QED) is 0.686. The minimum atomic E-state index is -0.544. The average Bonchev–Trinajstić information content (AvgIpc) is 2.45. The molecule has 1 aromatic rings. The number of β-amino-alcohol motifs (C(OH)–C–C–N with tert-alkyl or cyclic N) is 1. The highest BCUT2D eigenvalue weighted by molar-refractivity contribution is 5.26. The maximum absolute atomic E-state index is 10.4. The van der Waals surface area contributed by atoms with Crippen LogP contribution in [0.4, 0.5) is 0 Å². The number of aromatic nitrogens is 1. The van der Waals surface area contributed by atoms with Gasteiger partial charge in [0.05, 0.1) is 5.60 Å². The Balaban J connectivity index is 2.09. The molecule has 1 aliphatic rings. The second kappa shape index (κ2) is 3.99. The van der Waals surface area contributed by atoms with Crippen LogP contribution in [-0.4, -0.2) is 28.8 Å². The highest BCUT2D eigenvalue weighted by Gasteiger charge is 2.29. The normalized spacial score (nSPS) is 26.9. The van der Waals surface area contributed by atoms with E-state index >= 15 is 0 Å². The fraction of sp³-hybridized carbons (Fsp3) is 0.667. The Morgan fingerprint density at radius 3 is 2.80 bits per heavy atom. The first-order valence-corrected chi connectivity index (χ1v) is 5.67. The lowest BCUT2D eigenvalue weighted by Gasteiger charge is -2.32. The number of aryl methyl sites for hydroxylation is 2. The largest absolute Gasteiger partial charge is 0.388 e. The van der Waals surface area contributed by atoms with Crippen LogP contribution in [0.15, 0.2) is 6.07 Å². The molecule has 0 aromatic carbocycles. The molecule has 3 nitrogen and oxygen atoms in total. The third-order valence-corrected chi connectivity index (χ3v) is 3.23. The van der Waals surface area contributed by atoms with Crippen molar-refractivity contribution in [1.29, 1.82) is 0 Å². The summed E-state index contributed by atoms with van der Waals surface area (Å²) >= 11 is 0. The zero-order chi connectivity index (χ0) is 10.9. The SMILES string of the molecule is Cc1cc(CC2(O)CCCNC2)c(C)[nH]1. The van der Waals surface area contributed by atoms with Crippen molar-refractivity contribution in [1.82, 2.24) is 10.3 Å². The lowest BCUT2D eigenvalue weighted by atomic mass is 9.87. The summed E-state index contributed by atoms with van der Waals surface area (Å²) in [7, 11) is 0. The van der Waals surface area contributed by atoms with Crippen molar-refractivity contribution in [2.24, 2.45) is 0 Å². The average molecular weight is 208 g/mol. The van der Waals surface area contributed by atoms with E-state index in [1.165, 1.54) is 17.0 Å². The minimum Gasteiger partial charge on any atom is -0.388 e.